The first kappa shape index (κ1) is 14.3. The molecule has 0 spiro atoms. The third kappa shape index (κ3) is 2.37. The zero-order valence-corrected chi connectivity index (χ0v) is 12.2. The smallest absolute Gasteiger partial charge is 0.286 e. The molecule has 0 aliphatic heterocycles. The molecule has 0 saturated carbocycles. The lowest BCUT2D eigenvalue weighted by molar-refractivity contribution is 0.0977. The molecular weight excluding hydrogens is 309 g/mol. The first-order valence-electron chi connectivity index (χ1n) is 6.36. The minimum Gasteiger partial charge on any atom is -0.447 e. The van der Waals surface area contributed by atoms with E-state index >= 15 is 0 Å². The summed E-state index contributed by atoms with van der Waals surface area (Å²) >= 11 is 5.99. The number of aryl methyl sites for hydroxylation is 1. The van der Waals surface area contributed by atoms with Gasteiger partial charge < -0.3 is 15.5 Å². The minimum atomic E-state index is -0.790. The number of benzene rings is 1. The molecule has 0 fully saturated rings. The van der Waals surface area contributed by atoms with Gasteiger partial charge in [0.25, 0.3) is 5.91 Å². The summed E-state index contributed by atoms with van der Waals surface area (Å²) in [6.07, 6.45) is 2.85. The summed E-state index contributed by atoms with van der Waals surface area (Å²) in [5, 5.41) is 3.51. The molecule has 1 amide bonds. The molecule has 0 saturated heterocycles. The SMILES string of the molecule is Cc1ccc(Nc2c(C(N)=O)oc3c(Cl)cncc23)c(F)c1. The Hall–Kier alpha value is -2.60. The summed E-state index contributed by atoms with van der Waals surface area (Å²) in [4.78, 5) is 15.5. The average Bonchev–Trinajstić information content (AvgIpc) is 2.82. The Morgan fingerprint density at radius 3 is 2.86 bits per heavy atom. The number of carbonyl (C=O) groups excluding carboxylic acids is 1. The van der Waals surface area contributed by atoms with Gasteiger partial charge in [0, 0.05) is 12.4 Å². The van der Waals surface area contributed by atoms with Gasteiger partial charge in [-0.15, -0.1) is 0 Å². The van der Waals surface area contributed by atoms with E-state index in [-0.39, 0.29) is 27.7 Å². The van der Waals surface area contributed by atoms with Crippen LogP contribution in [0.1, 0.15) is 16.1 Å². The number of hydrogen-bond donors (Lipinski definition) is 2. The third-order valence-electron chi connectivity index (χ3n) is 3.16. The summed E-state index contributed by atoms with van der Waals surface area (Å²) in [5.74, 6) is -1.38. The third-order valence-corrected chi connectivity index (χ3v) is 3.43. The van der Waals surface area contributed by atoms with Crippen molar-refractivity contribution in [1.29, 1.82) is 0 Å². The van der Waals surface area contributed by atoms with E-state index in [2.05, 4.69) is 10.3 Å². The van der Waals surface area contributed by atoms with Crippen molar-refractivity contribution in [2.45, 2.75) is 6.92 Å². The Labute approximate surface area is 129 Å². The van der Waals surface area contributed by atoms with E-state index in [1.807, 2.05) is 0 Å². The van der Waals surface area contributed by atoms with E-state index in [4.69, 9.17) is 21.8 Å². The molecule has 3 aromatic rings. The number of nitrogens with two attached hydrogens (primary N) is 1. The maximum absolute atomic E-state index is 14.0. The molecule has 2 aromatic heterocycles. The predicted octanol–water partition coefficient (Wildman–Crippen LogP) is 3.77. The van der Waals surface area contributed by atoms with E-state index in [1.54, 1.807) is 19.1 Å². The standard InChI is InChI=1S/C15H11ClFN3O2/c1-7-2-3-11(10(17)4-7)20-12-8-5-19-6-9(16)13(8)22-14(12)15(18)21/h2-6,20H,1H3,(H2,18,21). The van der Waals surface area contributed by atoms with Gasteiger partial charge in [-0.3, -0.25) is 9.78 Å². The van der Waals surface area contributed by atoms with Crippen LogP contribution < -0.4 is 11.1 Å². The van der Waals surface area contributed by atoms with Gasteiger partial charge in [-0.1, -0.05) is 17.7 Å². The Bertz CT molecular complexity index is 892. The number of amides is 1. The van der Waals surface area contributed by atoms with Crippen LogP contribution in [-0.4, -0.2) is 10.9 Å². The Balaban J connectivity index is 2.18. The van der Waals surface area contributed by atoms with Gasteiger partial charge in [-0.25, -0.2) is 4.39 Å². The number of pyridine rings is 1. The lowest BCUT2D eigenvalue weighted by Crippen LogP contribution is -2.11. The van der Waals surface area contributed by atoms with Crippen LogP contribution in [0, 0.1) is 12.7 Å². The van der Waals surface area contributed by atoms with Crippen molar-refractivity contribution in [3.05, 3.63) is 52.8 Å². The fraction of sp³-hybridized carbons (Fsp3) is 0.0667. The topological polar surface area (TPSA) is 81.1 Å². The summed E-state index contributed by atoms with van der Waals surface area (Å²) in [6, 6.07) is 4.68. The molecule has 0 atom stereocenters. The highest BCUT2D eigenvalue weighted by atomic mass is 35.5. The summed E-state index contributed by atoms with van der Waals surface area (Å²) in [5.41, 5.74) is 6.78. The van der Waals surface area contributed by atoms with Gasteiger partial charge in [0.1, 0.15) is 16.5 Å². The molecule has 112 valence electrons. The van der Waals surface area contributed by atoms with Crippen molar-refractivity contribution in [3.63, 3.8) is 0 Å². The second kappa shape index (κ2) is 5.31. The molecule has 3 rings (SSSR count). The average molecular weight is 320 g/mol. The van der Waals surface area contributed by atoms with Crippen LogP contribution in [0.3, 0.4) is 0 Å². The molecule has 22 heavy (non-hydrogen) atoms. The van der Waals surface area contributed by atoms with Gasteiger partial charge >= 0.3 is 0 Å². The van der Waals surface area contributed by atoms with Crippen LogP contribution in [0.5, 0.6) is 0 Å². The van der Waals surface area contributed by atoms with Crippen LogP contribution in [0.4, 0.5) is 15.8 Å². The largest absolute Gasteiger partial charge is 0.447 e. The molecule has 0 bridgehead atoms. The number of hydrogen-bond acceptors (Lipinski definition) is 4. The number of fused-ring (bicyclic) bond motifs is 1. The zero-order chi connectivity index (χ0) is 15.9. The van der Waals surface area contributed by atoms with Crippen molar-refractivity contribution in [1.82, 2.24) is 4.98 Å². The number of primary amides is 1. The quantitative estimate of drug-likeness (QED) is 0.770. The molecule has 5 nitrogen and oxygen atoms in total. The van der Waals surface area contributed by atoms with Crippen LogP contribution >= 0.6 is 11.6 Å². The maximum Gasteiger partial charge on any atom is 0.286 e. The second-order valence-electron chi connectivity index (χ2n) is 4.78. The van der Waals surface area contributed by atoms with Gasteiger partial charge in [0.15, 0.2) is 5.58 Å². The van der Waals surface area contributed by atoms with E-state index < -0.39 is 11.7 Å². The van der Waals surface area contributed by atoms with Crippen molar-refractivity contribution in [2.24, 2.45) is 5.73 Å². The van der Waals surface area contributed by atoms with Crippen LogP contribution in [0.25, 0.3) is 11.0 Å². The summed E-state index contributed by atoms with van der Waals surface area (Å²) in [6.45, 7) is 1.78. The molecule has 0 aliphatic carbocycles. The minimum absolute atomic E-state index is 0.134. The number of carbonyl (C=O) groups is 1. The van der Waals surface area contributed by atoms with Crippen molar-refractivity contribution in [3.8, 4) is 0 Å². The van der Waals surface area contributed by atoms with E-state index in [0.717, 1.165) is 5.56 Å². The molecule has 1 aromatic carbocycles. The van der Waals surface area contributed by atoms with Gasteiger partial charge in [-0.2, -0.15) is 0 Å². The Morgan fingerprint density at radius 1 is 1.41 bits per heavy atom. The molecular formula is C15H11ClFN3O2. The van der Waals surface area contributed by atoms with E-state index in [9.17, 15) is 9.18 Å². The second-order valence-corrected chi connectivity index (χ2v) is 5.18. The molecule has 3 N–H and O–H groups in total. The van der Waals surface area contributed by atoms with E-state index in [0.29, 0.717) is 5.39 Å². The van der Waals surface area contributed by atoms with Crippen molar-refractivity contribution >= 4 is 39.9 Å². The zero-order valence-electron chi connectivity index (χ0n) is 11.5. The number of furan rings is 1. The number of rotatable bonds is 3. The van der Waals surface area contributed by atoms with Crippen LogP contribution in [-0.2, 0) is 0 Å². The van der Waals surface area contributed by atoms with Crippen molar-refractivity contribution in [2.75, 3.05) is 5.32 Å². The fourth-order valence-electron chi connectivity index (χ4n) is 2.13. The summed E-state index contributed by atoms with van der Waals surface area (Å²) < 4.78 is 19.4. The number of nitrogens with zero attached hydrogens (tertiary/aromatic N) is 1. The molecule has 0 radical (unpaired) electrons. The highest BCUT2D eigenvalue weighted by Crippen LogP contribution is 2.36. The van der Waals surface area contributed by atoms with Crippen LogP contribution in [0.15, 0.2) is 35.0 Å². The lowest BCUT2D eigenvalue weighted by atomic mass is 10.2. The van der Waals surface area contributed by atoms with E-state index in [1.165, 1.54) is 18.5 Å². The highest BCUT2D eigenvalue weighted by Gasteiger charge is 2.21. The van der Waals surface area contributed by atoms with Gasteiger partial charge in [0.2, 0.25) is 5.76 Å². The molecule has 7 heteroatoms. The summed E-state index contributed by atoms with van der Waals surface area (Å²) in [7, 11) is 0. The van der Waals surface area contributed by atoms with Crippen molar-refractivity contribution < 1.29 is 13.6 Å². The predicted molar refractivity (Wildman–Crippen MR) is 82.0 cm³/mol. The first-order chi connectivity index (χ1) is 10.5. The Morgan fingerprint density at radius 2 is 2.18 bits per heavy atom. The molecule has 0 aliphatic rings. The monoisotopic (exact) mass is 319 g/mol. The maximum atomic E-state index is 14.0. The number of halogens is 2. The van der Waals surface area contributed by atoms with Crippen LogP contribution in [0.2, 0.25) is 5.02 Å². The normalized spacial score (nSPS) is 10.9. The molecule has 2 heterocycles. The number of nitrogens with one attached hydrogen (secondary N) is 1. The lowest BCUT2D eigenvalue weighted by Gasteiger charge is -2.07. The van der Waals surface area contributed by atoms with Gasteiger partial charge in [-0.05, 0) is 24.6 Å². The molecule has 0 unspecified atom stereocenters. The Kier molecular flexibility index (Phi) is 3.46. The number of aromatic nitrogens is 1. The fourth-order valence-corrected chi connectivity index (χ4v) is 2.33. The first-order valence-corrected chi connectivity index (χ1v) is 6.74. The highest BCUT2D eigenvalue weighted by molar-refractivity contribution is 6.35. The number of anilines is 2. The van der Waals surface area contributed by atoms with Gasteiger partial charge in [0.05, 0.1) is 11.1 Å².